The van der Waals surface area contributed by atoms with Crippen LogP contribution in [-0.2, 0) is 4.79 Å². The van der Waals surface area contributed by atoms with Crippen molar-refractivity contribution in [3.8, 4) is 0 Å². The maximum absolute atomic E-state index is 11.7. The number of alkyl halides is 2. The van der Waals surface area contributed by atoms with Crippen molar-refractivity contribution in [1.82, 2.24) is 5.32 Å². The van der Waals surface area contributed by atoms with E-state index in [0.29, 0.717) is 6.42 Å². The summed E-state index contributed by atoms with van der Waals surface area (Å²) in [4.78, 5) is 11.7. The highest BCUT2D eigenvalue weighted by molar-refractivity contribution is 6.52. The Labute approximate surface area is 99.1 Å². The molecule has 0 heterocycles. The van der Waals surface area contributed by atoms with E-state index in [0.717, 1.165) is 25.7 Å². The highest BCUT2D eigenvalue weighted by atomic mass is 35.5. The molecule has 1 unspecified atom stereocenters. The third-order valence-corrected chi connectivity index (χ3v) is 4.23. The summed E-state index contributed by atoms with van der Waals surface area (Å²) in [5.41, 5.74) is -0.413. The number of hydrogen-bond acceptors (Lipinski definition) is 2. The first kappa shape index (κ1) is 11.5. The zero-order chi connectivity index (χ0) is 11.1. The molecule has 0 aromatic carbocycles. The van der Waals surface area contributed by atoms with Gasteiger partial charge < -0.3 is 10.4 Å². The molecule has 2 fully saturated rings. The van der Waals surface area contributed by atoms with E-state index in [9.17, 15) is 9.90 Å². The van der Waals surface area contributed by atoms with Gasteiger partial charge >= 0.3 is 0 Å². The quantitative estimate of drug-likeness (QED) is 0.749. The van der Waals surface area contributed by atoms with Crippen molar-refractivity contribution in [2.45, 2.75) is 42.0 Å². The lowest BCUT2D eigenvalue weighted by molar-refractivity contribution is -0.124. The first-order valence-electron chi connectivity index (χ1n) is 5.30. The van der Waals surface area contributed by atoms with Crippen LogP contribution in [0.1, 0.15) is 32.1 Å². The molecule has 0 radical (unpaired) electrons. The minimum absolute atomic E-state index is 0.00301. The predicted molar refractivity (Wildman–Crippen MR) is 59.0 cm³/mol. The number of nitrogens with one attached hydrogen (secondary N) is 1. The zero-order valence-corrected chi connectivity index (χ0v) is 9.94. The molecule has 0 bridgehead atoms. The van der Waals surface area contributed by atoms with Crippen molar-refractivity contribution in [1.29, 1.82) is 0 Å². The van der Waals surface area contributed by atoms with Gasteiger partial charge in [-0.25, -0.2) is 0 Å². The number of carbonyl (C=O) groups excluding carboxylic acids is 1. The van der Waals surface area contributed by atoms with Gasteiger partial charge in [0.2, 0.25) is 5.91 Å². The molecule has 2 aliphatic carbocycles. The molecule has 2 rings (SSSR count). The van der Waals surface area contributed by atoms with Gasteiger partial charge in [-0.05, 0) is 19.3 Å². The lowest BCUT2D eigenvalue weighted by Gasteiger charge is -2.28. The van der Waals surface area contributed by atoms with E-state index < -0.39 is 9.87 Å². The largest absolute Gasteiger partial charge is 0.394 e. The maximum atomic E-state index is 11.7. The van der Waals surface area contributed by atoms with Crippen LogP contribution in [-0.4, -0.2) is 27.5 Å². The molecular weight excluding hydrogens is 237 g/mol. The first-order valence-corrected chi connectivity index (χ1v) is 6.05. The molecule has 86 valence electrons. The van der Waals surface area contributed by atoms with Gasteiger partial charge in [-0.15, -0.1) is 23.2 Å². The predicted octanol–water partition coefficient (Wildman–Crippen LogP) is 1.60. The Balaban J connectivity index is 1.93. The Hall–Kier alpha value is 0.01000. The standard InChI is InChI=1S/C10H15Cl2NO2/c11-10(12)5-7(10)8(15)13-9(6-14)3-1-2-4-9/h7,14H,1-6H2,(H,13,15). The van der Waals surface area contributed by atoms with Crippen LogP contribution in [0.5, 0.6) is 0 Å². The second-order valence-electron chi connectivity index (χ2n) is 4.65. The van der Waals surface area contributed by atoms with Gasteiger partial charge in [0.25, 0.3) is 0 Å². The van der Waals surface area contributed by atoms with Crippen molar-refractivity contribution >= 4 is 29.1 Å². The second kappa shape index (κ2) is 3.79. The molecule has 2 saturated carbocycles. The van der Waals surface area contributed by atoms with Gasteiger partial charge in [0, 0.05) is 0 Å². The summed E-state index contributed by atoms with van der Waals surface area (Å²) in [6.45, 7) is 0.00301. The number of rotatable bonds is 3. The van der Waals surface area contributed by atoms with Gasteiger partial charge in [0.15, 0.2) is 0 Å². The van der Waals surface area contributed by atoms with Crippen LogP contribution in [0.15, 0.2) is 0 Å². The van der Waals surface area contributed by atoms with E-state index in [1.165, 1.54) is 0 Å². The fourth-order valence-corrected chi connectivity index (χ4v) is 2.73. The Kier molecular flexibility index (Phi) is 2.91. The molecule has 0 spiro atoms. The SMILES string of the molecule is O=C(NC1(CO)CCCC1)C1CC1(Cl)Cl. The minimum Gasteiger partial charge on any atom is -0.394 e. The van der Waals surface area contributed by atoms with E-state index in [4.69, 9.17) is 23.2 Å². The van der Waals surface area contributed by atoms with Crippen LogP contribution in [0.4, 0.5) is 0 Å². The summed E-state index contributed by atoms with van der Waals surface area (Å²) in [7, 11) is 0. The summed E-state index contributed by atoms with van der Waals surface area (Å²) in [5.74, 6) is -0.416. The van der Waals surface area contributed by atoms with Crippen molar-refractivity contribution in [2.75, 3.05) is 6.61 Å². The van der Waals surface area contributed by atoms with E-state index in [2.05, 4.69) is 5.32 Å². The van der Waals surface area contributed by atoms with E-state index in [1.807, 2.05) is 0 Å². The number of aliphatic hydroxyl groups is 1. The monoisotopic (exact) mass is 251 g/mol. The number of halogens is 2. The average molecular weight is 252 g/mol. The summed E-state index contributed by atoms with van der Waals surface area (Å²) in [5, 5.41) is 12.2. The summed E-state index contributed by atoms with van der Waals surface area (Å²) < 4.78 is -0.876. The summed E-state index contributed by atoms with van der Waals surface area (Å²) in [6.07, 6.45) is 4.32. The molecule has 3 nitrogen and oxygen atoms in total. The average Bonchev–Trinajstić information content (AvgIpc) is 2.64. The Bertz CT molecular complexity index is 275. The lowest BCUT2D eigenvalue weighted by atomic mass is 9.98. The summed E-state index contributed by atoms with van der Waals surface area (Å²) in [6, 6.07) is 0. The van der Waals surface area contributed by atoms with Crippen LogP contribution >= 0.6 is 23.2 Å². The molecule has 0 aromatic rings. The van der Waals surface area contributed by atoms with Gasteiger partial charge in [0.1, 0.15) is 4.33 Å². The normalized spacial score (nSPS) is 31.3. The van der Waals surface area contributed by atoms with Crippen molar-refractivity contribution in [3.63, 3.8) is 0 Å². The smallest absolute Gasteiger partial charge is 0.226 e. The molecule has 1 atom stereocenters. The maximum Gasteiger partial charge on any atom is 0.226 e. The van der Waals surface area contributed by atoms with Crippen LogP contribution in [0.3, 0.4) is 0 Å². The molecule has 5 heteroatoms. The van der Waals surface area contributed by atoms with E-state index in [1.54, 1.807) is 0 Å². The van der Waals surface area contributed by atoms with Crippen LogP contribution < -0.4 is 5.32 Å². The molecule has 1 amide bonds. The number of carbonyl (C=O) groups is 1. The molecule has 15 heavy (non-hydrogen) atoms. The third-order valence-electron chi connectivity index (χ3n) is 3.39. The fourth-order valence-electron chi connectivity index (χ4n) is 2.22. The Morgan fingerprint density at radius 2 is 1.93 bits per heavy atom. The number of amides is 1. The van der Waals surface area contributed by atoms with Crippen LogP contribution in [0.25, 0.3) is 0 Å². The molecule has 0 aromatic heterocycles. The Morgan fingerprint density at radius 3 is 2.33 bits per heavy atom. The first-order chi connectivity index (χ1) is 6.99. The van der Waals surface area contributed by atoms with E-state index in [-0.39, 0.29) is 18.4 Å². The topological polar surface area (TPSA) is 49.3 Å². The van der Waals surface area contributed by atoms with Gasteiger partial charge in [0.05, 0.1) is 18.1 Å². The minimum atomic E-state index is -0.876. The molecule has 2 aliphatic rings. The fraction of sp³-hybridized carbons (Fsp3) is 0.900. The van der Waals surface area contributed by atoms with Crippen molar-refractivity contribution < 1.29 is 9.90 Å². The zero-order valence-electron chi connectivity index (χ0n) is 8.43. The highest BCUT2D eigenvalue weighted by Crippen LogP contribution is 2.53. The number of hydrogen-bond donors (Lipinski definition) is 2. The molecule has 0 aliphatic heterocycles. The Morgan fingerprint density at radius 1 is 1.40 bits per heavy atom. The van der Waals surface area contributed by atoms with Crippen LogP contribution in [0, 0.1) is 5.92 Å². The van der Waals surface area contributed by atoms with Gasteiger partial charge in [-0.2, -0.15) is 0 Å². The van der Waals surface area contributed by atoms with Gasteiger partial charge in [-0.3, -0.25) is 4.79 Å². The highest BCUT2D eigenvalue weighted by Gasteiger charge is 2.57. The second-order valence-corrected chi connectivity index (χ2v) is 6.19. The molecular formula is C10H15Cl2NO2. The molecule has 0 saturated heterocycles. The summed E-state index contributed by atoms with van der Waals surface area (Å²) >= 11 is 11.6. The third kappa shape index (κ3) is 2.24. The lowest BCUT2D eigenvalue weighted by Crippen LogP contribution is -2.50. The van der Waals surface area contributed by atoms with Crippen LogP contribution in [0.2, 0.25) is 0 Å². The molecule has 2 N–H and O–H groups in total. The van der Waals surface area contributed by atoms with Crippen molar-refractivity contribution in [3.05, 3.63) is 0 Å². The van der Waals surface area contributed by atoms with E-state index >= 15 is 0 Å². The van der Waals surface area contributed by atoms with Gasteiger partial charge in [-0.1, -0.05) is 12.8 Å². The van der Waals surface area contributed by atoms with Crippen molar-refractivity contribution in [2.24, 2.45) is 5.92 Å². The number of aliphatic hydroxyl groups excluding tert-OH is 1.